The van der Waals surface area contributed by atoms with Crippen LogP contribution in [0.15, 0.2) is 30.5 Å². The van der Waals surface area contributed by atoms with Gasteiger partial charge in [0.1, 0.15) is 6.29 Å². The third kappa shape index (κ3) is 2.11. The van der Waals surface area contributed by atoms with E-state index in [4.69, 9.17) is 0 Å². The van der Waals surface area contributed by atoms with E-state index in [9.17, 15) is 4.79 Å². The lowest BCUT2D eigenvalue weighted by molar-refractivity contribution is 0.112. The number of rotatable bonds is 4. The van der Waals surface area contributed by atoms with E-state index >= 15 is 0 Å². The number of unbranched alkanes of at least 4 members (excludes halogenated alkanes) is 1. The van der Waals surface area contributed by atoms with Gasteiger partial charge in [0.25, 0.3) is 0 Å². The van der Waals surface area contributed by atoms with Crippen molar-refractivity contribution in [3.05, 3.63) is 41.7 Å². The Morgan fingerprint density at radius 1 is 1.31 bits per heavy atom. The van der Waals surface area contributed by atoms with Crippen LogP contribution in [-0.2, 0) is 6.42 Å². The number of pyridine rings is 1. The van der Waals surface area contributed by atoms with Crippen LogP contribution in [0.25, 0.3) is 10.8 Å². The number of hydrogen-bond acceptors (Lipinski definition) is 2. The normalized spacial score (nSPS) is 10.6. The molecule has 1 aromatic heterocycles. The predicted molar refractivity (Wildman–Crippen MR) is 65.7 cm³/mol. The van der Waals surface area contributed by atoms with Gasteiger partial charge in [0.05, 0.1) is 0 Å². The second-order valence-corrected chi connectivity index (χ2v) is 3.96. The average Bonchev–Trinajstić information content (AvgIpc) is 2.35. The topological polar surface area (TPSA) is 30.0 Å². The molecule has 0 spiro atoms. The standard InChI is InChI=1S/C14H15NO/c1-2-3-4-14-13-9-11(10-16)5-6-12(13)7-8-15-14/h5-10H,2-4H2,1H3. The molecule has 82 valence electrons. The molecular formula is C14H15NO. The molecule has 2 nitrogen and oxygen atoms in total. The van der Waals surface area contributed by atoms with Gasteiger partial charge < -0.3 is 0 Å². The Morgan fingerprint density at radius 3 is 2.94 bits per heavy atom. The fraction of sp³-hybridized carbons (Fsp3) is 0.286. The number of benzene rings is 1. The van der Waals surface area contributed by atoms with Crippen molar-refractivity contribution in [3.8, 4) is 0 Å². The highest BCUT2D eigenvalue weighted by Crippen LogP contribution is 2.19. The highest BCUT2D eigenvalue weighted by atomic mass is 16.1. The van der Waals surface area contributed by atoms with E-state index < -0.39 is 0 Å². The molecule has 0 fully saturated rings. The van der Waals surface area contributed by atoms with Gasteiger partial charge in [-0.2, -0.15) is 0 Å². The Morgan fingerprint density at radius 2 is 2.19 bits per heavy atom. The molecule has 0 saturated heterocycles. The van der Waals surface area contributed by atoms with E-state index in [1.807, 2.05) is 30.5 Å². The maximum absolute atomic E-state index is 10.8. The summed E-state index contributed by atoms with van der Waals surface area (Å²) in [6.07, 6.45) is 6.00. The zero-order chi connectivity index (χ0) is 11.4. The Kier molecular flexibility index (Phi) is 3.30. The summed E-state index contributed by atoms with van der Waals surface area (Å²) >= 11 is 0. The average molecular weight is 213 g/mol. The lowest BCUT2D eigenvalue weighted by atomic mass is 10.0. The van der Waals surface area contributed by atoms with Crippen LogP contribution in [0.2, 0.25) is 0 Å². The van der Waals surface area contributed by atoms with Gasteiger partial charge in [-0.3, -0.25) is 9.78 Å². The Labute approximate surface area is 95.3 Å². The first-order valence-corrected chi connectivity index (χ1v) is 5.68. The van der Waals surface area contributed by atoms with Gasteiger partial charge >= 0.3 is 0 Å². The highest BCUT2D eigenvalue weighted by molar-refractivity contribution is 5.90. The van der Waals surface area contributed by atoms with Crippen LogP contribution >= 0.6 is 0 Å². The Bertz CT molecular complexity index is 505. The van der Waals surface area contributed by atoms with E-state index in [0.717, 1.165) is 47.6 Å². The fourth-order valence-corrected chi connectivity index (χ4v) is 1.86. The van der Waals surface area contributed by atoms with E-state index in [1.54, 1.807) is 0 Å². The maximum Gasteiger partial charge on any atom is 0.150 e. The summed E-state index contributed by atoms with van der Waals surface area (Å²) in [6, 6.07) is 7.74. The van der Waals surface area contributed by atoms with E-state index in [0.29, 0.717) is 0 Å². The largest absolute Gasteiger partial charge is 0.298 e. The van der Waals surface area contributed by atoms with Gasteiger partial charge in [-0.05, 0) is 30.4 Å². The van der Waals surface area contributed by atoms with Crippen molar-refractivity contribution in [1.29, 1.82) is 0 Å². The summed E-state index contributed by atoms with van der Waals surface area (Å²) in [5.41, 5.74) is 1.82. The number of hydrogen-bond donors (Lipinski definition) is 0. The maximum atomic E-state index is 10.8. The van der Waals surface area contributed by atoms with Crippen LogP contribution in [0.3, 0.4) is 0 Å². The van der Waals surface area contributed by atoms with Crippen LogP contribution in [0.1, 0.15) is 35.8 Å². The molecule has 0 aliphatic carbocycles. The molecule has 0 N–H and O–H groups in total. The second kappa shape index (κ2) is 4.88. The third-order valence-corrected chi connectivity index (χ3v) is 2.78. The highest BCUT2D eigenvalue weighted by Gasteiger charge is 2.02. The number of carbonyl (C=O) groups is 1. The summed E-state index contributed by atoms with van der Waals surface area (Å²) in [5, 5.41) is 2.27. The molecule has 0 aliphatic heterocycles. The van der Waals surface area contributed by atoms with E-state index in [1.165, 1.54) is 0 Å². The number of aryl methyl sites for hydroxylation is 1. The summed E-state index contributed by atoms with van der Waals surface area (Å²) in [4.78, 5) is 15.2. The van der Waals surface area contributed by atoms with E-state index in [2.05, 4.69) is 11.9 Å². The van der Waals surface area contributed by atoms with Gasteiger partial charge in [-0.25, -0.2) is 0 Å². The van der Waals surface area contributed by atoms with E-state index in [-0.39, 0.29) is 0 Å². The molecule has 0 bridgehead atoms. The molecule has 16 heavy (non-hydrogen) atoms. The molecule has 0 radical (unpaired) electrons. The number of aldehydes is 1. The van der Waals surface area contributed by atoms with Gasteiger partial charge in [0.15, 0.2) is 0 Å². The molecule has 0 aliphatic rings. The first kappa shape index (κ1) is 10.8. The van der Waals surface area contributed by atoms with Crippen molar-refractivity contribution in [2.24, 2.45) is 0 Å². The van der Waals surface area contributed by atoms with Gasteiger partial charge in [0, 0.05) is 22.8 Å². The van der Waals surface area contributed by atoms with Gasteiger partial charge in [-0.15, -0.1) is 0 Å². The Balaban J connectivity index is 2.50. The van der Waals surface area contributed by atoms with Crippen LogP contribution in [-0.4, -0.2) is 11.3 Å². The molecule has 0 amide bonds. The van der Waals surface area contributed by atoms with Crippen LogP contribution in [0.5, 0.6) is 0 Å². The Hall–Kier alpha value is -1.70. The summed E-state index contributed by atoms with van der Waals surface area (Å²) in [5.74, 6) is 0. The van der Waals surface area contributed by atoms with Crippen LogP contribution in [0.4, 0.5) is 0 Å². The lowest BCUT2D eigenvalue weighted by Crippen LogP contribution is -1.92. The minimum atomic E-state index is 0.721. The van der Waals surface area contributed by atoms with Crippen molar-refractivity contribution in [2.75, 3.05) is 0 Å². The first-order valence-electron chi connectivity index (χ1n) is 5.68. The molecule has 0 unspecified atom stereocenters. The number of aromatic nitrogens is 1. The molecule has 2 aromatic rings. The molecule has 1 heterocycles. The van der Waals surface area contributed by atoms with Gasteiger partial charge in [-0.1, -0.05) is 25.5 Å². The van der Waals surface area contributed by atoms with Gasteiger partial charge in [0.2, 0.25) is 0 Å². The quantitative estimate of drug-likeness (QED) is 0.729. The number of fused-ring (bicyclic) bond motifs is 1. The van der Waals surface area contributed by atoms with Crippen LogP contribution in [0, 0.1) is 0 Å². The monoisotopic (exact) mass is 213 g/mol. The number of carbonyl (C=O) groups excluding carboxylic acids is 1. The minimum Gasteiger partial charge on any atom is -0.298 e. The molecule has 2 rings (SSSR count). The van der Waals surface area contributed by atoms with Crippen molar-refractivity contribution in [3.63, 3.8) is 0 Å². The SMILES string of the molecule is CCCCc1nccc2ccc(C=O)cc12. The predicted octanol–water partition coefficient (Wildman–Crippen LogP) is 3.39. The fourth-order valence-electron chi connectivity index (χ4n) is 1.86. The number of nitrogens with zero attached hydrogens (tertiary/aromatic N) is 1. The summed E-state index contributed by atoms with van der Waals surface area (Å²) in [7, 11) is 0. The van der Waals surface area contributed by atoms with Crippen molar-refractivity contribution in [2.45, 2.75) is 26.2 Å². The van der Waals surface area contributed by atoms with Crippen molar-refractivity contribution < 1.29 is 4.79 Å². The smallest absolute Gasteiger partial charge is 0.150 e. The van der Waals surface area contributed by atoms with Crippen molar-refractivity contribution in [1.82, 2.24) is 4.98 Å². The first-order chi connectivity index (χ1) is 7.85. The lowest BCUT2D eigenvalue weighted by Gasteiger charge is -2.05. The van der Waals surface area contributed by atoms with Crippen molar-refractivity contribution >= 4 is 17.1 Å². The molecule has 1 aromatic carbocycles. The summed E-state index contributed by atoms with van der Waals surface area (Å²) < 4.78 is 0. The molecule has 0 atom stereocenters. The minimum absolute atomic E-state index is 0.721. The molecule has 0 saturated carbocycles. The zero-order valence-corrected chi connectivity index (χ0v) is 9.44. The molecule has 2 heteroatoms. The van der Waals surface area contributed by atoms with Crippen LogP contribution < -0.4 is 0 Å². The summed E-state index contributed by atoms with van der Waals surface area (Å²) in [6.45, 7) is 2.17. The second-order valence-electron chi connectivity index (χ2n) is 3.96. The molecular weight excluding hydrogens is 198 g/mol. The zero-order valence-electron chi connectivity index (χ0n) is 9.44. The third-order valence-electron chi connectivity index (χ3n) is 2.78.